The first-order valence-corrected chi connectivity index (χ1v) is 5.52. The van der Waals surface area contributed by atoms with Gasteiger partial charge in [0.15, 0.2) is 3.74 Å². The van der Waals surface area contributed by atoms with Crippen LogP contribution in [0.4, 0.5) is 0 Å². The highest BCUT2D eigenvalue weighted by atomic mass is 79.9. The molecule has 1 rings (SSSR count). The lowest BCUT2D eigenvalue weighted by atomic mass is 10.2. The van der Waals surface area contributed by atoms with Crippen molar-refractivity contribution in [2.24, 2.45) is 0 Å². The van der Waals surface area contributed by atoms with Gasteiger partial charge in [-0.15, -0.1) is 0 Å². The average molecular weight is 308 g/mol. The molecule has 0 radical (unpaired) electrons. The Morgan fingerprint density at radius 2 is 1.92 bits per heavy atom. The zero-order chi connectivity index (χ0) is 9.68. The zero-order valence-electron chi connectivity index (χ0n) is 6.74. The summed E-state index contributed by atoms with van der Waals surface area (Å²) >= 11 is 6.11. The largest absolute Gasteiger partial charge is 0.459 e. The van der Waals surface area contributed by atoms with E-state index in [-0.39, 0.29) is 5.97 Å². The van der Waals surface area contributed by atoms with Gasteiger partial charge in [0.05, 0.1) is 0 Å². The van der Waals surface area contributed by atoms with E-state index in [2.05, 4.69) is 31.9 Å². The Bertz CT molecular complexity index is 272. The van der Waals surface area contributed by atoms with Crippen LogP contribution in [0.3, 0.4) is 0 Å². The molecule has 13 heavy (non-hydrogen) atoms. The molecule has 0 spiro atoms. The van der Waals surface area contributed by atoms with Crippen LogP contribution in [-0.2, 0) is 16.1 Å². The highest BCUT2D eigenvalue weighted by molar-refractivity contribution is 9.25. The maximum atomic E-state index is 11.0. The molecule has 0 unspecified atom stereocenters. The SMILES string of the molecule is O=C(OCc1ccccc1)C(Br)Br. The van der Waals surface area contributed by atoms with Crippen LogP contribution in [0.15, 0.2) is 30.3 Å². The minimum absolute atomic E-state index is 0.313. The Morgan fingerprint density at radius 3 is 2.46 bits per heavy atom. The number of hydrogen-bond acceptors (Lipinski definition) is 2. The molecule has 0 saturated carbocycles. The highest BCUT2D eigenvalue weighted by Gasteiger charge is 2.11. The Morgan fingerprint density at radius 1 is 1.31 bits per heavy atom. The first-order chi connectivity index (χ1) is 6.20. The third-order valence-electron chi connectivity index (χ3n) is 1.40. The quantitative estimate of drug-likeness (QED) is 0.634. The first-order valence-electron chi connectivity index (χ1n) is 3.69. The van der Waals surface area contributed by atoms with E-state index in [1.54, 1.807) is 0 Å². The van der Waals surface area contributed by atoms with Gasteiger partial charge in [-0.05, 0) is 5.56 Å². The van der Waals surface area contributed by atoms with Gasteiger partial charge in [0.2, 0.25) is 0 Å². The lowest BCUT2D eigenvalue weighted by molar-refractivity contribution is -0.142. The second-order valence-electron chi connectivity index (χ2n) is 2.39. The van der Waals surface area contributed by atoms with Crippen molar-refractivity contribution in [1.29, 1.82) is 0 Å². The van der Waals surface area contributed by atoms with Crippen LogP contribution < -0.4 is 0 Å². The number of esters is 1. The highest BCUT2D eigenvalue weighted by Crippen LogP contribution is 2.11. The molecule has 0 fully saturated rings. The van der Waals surface area contributed by atoms with Gasteiger partial charge in [-0.3, -0.25) is 0 Å². The van der Waals surface area contributed by atoms with Crippen LogP contribution >= 0.6 is 31.9 Å². The third-order valence-corrected chi connectivity index (χ3v) is 2.15. The number of hydrogen-bond donors (Lipinski definition) is 0. The summed E-state index contributed by atoms with van der Waals surface area (Å²) in [7, 11) is 0. The second kappa shape index (κ2) is 5.40. The molecule has 0 atom stereocenters. The number of carbonyl (C=O) groups is 1. The number of benzene rings is 1. The summed E-state index contributed by atoms with van der Waals surface area (Å²) in [6, 6.07) is 9.55. The van der Waals surface area contributed by atoms with E-state index in [4.69, 9.17) is 4.74 Å². The van der Waals surface area contributed by atoms with Gasteiger partial charge in [-0.1, -0.05) is 62.2 Å². The van der Waals surface area contributed by atoms with Gasteiger partial charge < -0.3 is 4.74 Å². The van der Waals surface area contributed by atoms with Crippen molar-refractivity contribution in [1.82, 2.24) is 0 Å². The van der Waals surface area contributed by atoms with Crippen LogP contribution in [0.25, 0.3) is 0 Å². The van der Waals surface area contributed by atoms with Gasteiger partial charge in [0.1, 0.15) is 6.61 Å². The molecule has 0 amide bonds. The molecular weight excluding hydrogens is 300 g/mol. The smallest absolute Gasteiger partial charge is 0.330 e. The van der Waals surface area contributed by atoms with Crippen molar-refractivity contribution in [2.75, 3.05) is 0 Å². The summed E-state index contributed by atoms with van der Waals surface area (Å²) in [6.45, 7) is 0.313. The molecule has 0 N–H and O–H groups in total. The van der Waals surface area contributed by atoms with Crippen molar-refractivity contribution in [2.45, 2.75) is 10.3 Å². The van der Waals surface area contributed by atoms with Gasteiger partial charge >= 0.3 is 5.97 Å². The average Bonchev–Trinajstić information content (AvgIpc) is 2.15. The van der Waals surface area contributed by atoms with E-state index in [1.165, 1.54) is 0 Å². The van der Waals surface area contributed by atoms with Crippen LogP contribution in [0.1, 0.15) is 5.56 Å². The van der Waals surface area contributed by atoms with Gasteiger partial charge in [-0.25, -0.2) is 4.79 Å². The summed E-state index contributed by atoms with van der Waals surface area (Å²) in [6.07, 6.45) is 0. The Kier molecular flexibility index (Phi) is 4.45. The summed E-state index contributed by atoms with van der Waals surface area (Å²) in [5.41, 5.74) is 0.983. The van der Waals surface area contributed by atoms with Crippen molar-refractivity contribution in [3.63, 3.8) is 0 Å². The van der Waals surface area contributed by atoms with E-state index in [9.17, 15) is 4.79 Å². The first kappa shape index (κ1) is 10.7. The fourth-order valence-electron chi connectivity index (χ4n) is 0.792. The van der Waals surface area contributed by atoms with Gasteiger partial charge in [0, 0.05) is 0 Å². The maximum Gasteiger partial charge on any atom is 0.330 e. The predicted octanol–water partition coefficient (Wildman–Crippen LogP) is 2.85. The molecule has 0 aliphatic rings. The fraction of sp³-hybridized carbons (Fsp3) is 0.222. The molecule has 0 aromatic heterocycles. The van der Waals surface area contributed by atoms with E-state index < -0.39 is 3.74 Å². The molecular formula is C9H8Br2O2. The molecule has 4 heteroatoms. The minimum Gasteiger partial charge on any atom is -0.459 e. The normalized spacial score (nSPS) is 10.1. The van der Waals surface area contributed by atoms with Crippen LogP contribution in [0, 0.1) is 0 Å². The van der Waals surface area contributed by atoms with E-state index in [1.807, 2.05) is 30.3 Å². The van der Waals surface area contributed by atoms with Crippen molar-refractivity contribution < 1.29 is 9.53 Å². The molecule has 1 aromatic rings. The lowest BCUT2D eigenvalue weighted by Gasteiger charge is -2.04. The van der Waals surface area contributed by atoms with Gasteiger partial charge in [-0.2, -0.15) is 0 Å². The van der Waals surface area contributed by atoms with Crippen molar-refractivity contribution >= 4 is 37.8 Å². The lowest BCUT2D eigenvalue weighted by Crippen LogP contribution is -2.11. The summed E-state index contributed by atoms with van der Waals surface area (Å²) in [5.74, 6) is -0.316. The molecule has 1 aromatic carbocycles. The fourth-order valence-corrected chi connectivity index (χ4v) is 1.06. The minimum atomic E-state index is -0.427. The topological polar surface area (TPSA) is 26.3 Å². The Labute approximate surface area is 93.5 Å². The van der Waals surface area contributed by atoms with E-state index >= 15 is 0 Å². The molecule has 0 aliphatic carbocycles. The Balaban J connectivity index is 2.40. The Hall–Kier alpha value is -0.350. The number of alkyl halides is 2. The summed E-state index contributed by atoms with van der Waals surface area (Å²) in [4.78, 5) is 11.0. The molecule has 2 nitrogen and oxygen atoms in total. The van der Waals surface area contributed by atoms with Crippen molar-refractivity contribution in [3.8, 4) is 0 Å². The van der Waals surface area contributed by atoms with E-state index in [0.717, 1.165) is 5.56 Å². The van der Waals surface area contributed by atoms with Crippen LogP contribution in [-0.4, -0.2) is 9.71 Å². The number of carbonyl (C=O) groups excluding carboxylic acids is 1. The molecule has 0 heterocycles. The third kappa shape index (κ3) is 3.91. The number of halogens is 2. The molecule has 0 aliphatic heterocycles. The summed E-state index contributed by atoms with van der Waals surface area (Å²) in [5, 5.41) is 0. The number of rotatable bonds is 3. The number of ether oxygens (including phenoxy) is 1. The molecule has 70 valence electrons. The summed E-state index contributed by atoms with van der Waals surface area (Å²) < 4.78 is 4.53. The van der Waals surface area contributed by atoms with Crippen LogP contribution in [0.2, 0.25) is 0 Å². The molecule has 0 saturated heterocycles. The van der Waals surface area contributed by atoms with E-state index in [0.29, 0.717) is 6.61 Å². The maximum absolute atomic E-state index is 11.0. The van der Waals surface area contributed by atoms with Crippen molar-refractivity contribution in [3.05, 3.63) is 35.9 Å². The molecule has 0 bridgehead atoms. The van der Waals surface area contributed by atoms with Gasteiger partial charge in [0.25, 0.3) is 0 Å². The standard InChI is InChI=1S/C9H8Br2O2/c10-8(11)9(12)13-6-7-4-2-1-3-5-7/h1-5,8H,6H2. The van der Waals surface area contributed by atoms with Crippen LogP contribution in [0.5, 0.6) is 0 Å². The zero-order valence-corrected chi connectivity index (χ0v) is 9.92. The predicted molar refractivity (Wildman–Crippen MR) is 57.9 cm³/mol. The monoisotopic (exact) mass is 306 g/mol. The second-order valence-corrected chi connectivity index (χ2v) is 5.45.